The van der Waals surface area contributed by atoms with E-state index in [4.69, 9.17) is 33.5 Å². The van der Waals surface area contributed by atoms with Crippen LogP contribution in [0.25, 0.3) is 0 Å². The monoisotopic (exact) mass is 464 g/mol. The summed E-state index contributed by atoms with van der Waals surface area (Å²) in [6.07, 6.45) is 13.1. The quantitative estimate of drug-likeness (QED) is 0.172. The van der Waals surface area contributed by atoms with Crippen molar-refractivity contribution in [1.29, 1.82) is 0 Å². The summed E-state index contributed by atoms with van der Waals surface area (Å²) >= 11 is 0. The zero-order valence-electron chi connectivity index (χ0n) is 21.0. The maximum absolute atomic E-state index is 8.57. The number of ether oxygens (including phenoxy) is 6. The molecule has 0 heterocycles. The molecule has 0 amide bonds. The molecule has 0 saturated carbocycles. The summed E-state index contributed by atoms with van der Waals surface area (Å²) in [6.45, 7) is 10.5. The molecule has 0 spiro atoms. The minimum absolute atomic E-state index is 0.0424. The Morgan fingerprint density at radius 3 is 1.31 bits per heavy atom. The Labute approximate surface area is 197 Å². The molecule has 1 unspecified atom stereocenters. The van der Waals surface area contributed by atoms with Crippen molar-refractivity contribution < 1.29 is 33.5 Å². The number of aliphatic hydroxyl groups is 1. The molecule has 0 bridgehead atoms. The normalized spacial score (nSPS) is 12.5. The van der Waals surface area contributed by atoms with Gasteiger partial charge < -0.3 is 33.5 Å². The fraction of sp³-hybridized carbons (Fsp3) is 1.00. The van der Waals surface area contributed by atoms with Crippen LogP contribution >= 0.6 is 0 Å². The first-order chi connectivity index (χ1) is 15.8. The van der Waals surface area contributed by atoms with E-state index in [0.717, 1.165) is 0 Å². The minimum Gasteiger partial charge on any atom is -0.394 e. The first kappa shape index (κ1) is 31.7. The van der Waals surface area contributed by atoms with E-state index in [2.05, 4.69) is 13.8 Å². The molecule has 0 aliphatic carbocycles. The van der Waals surface area contributed by atoms with Crippen LogP contribution in [0.2, 0.25) is 0 Å². The van der Waals surface area contributed by atoms with Crippen molar-refractivity contribution in [2.75, 3.05) is 79.3 Å². The Morgan fingerprint density at radius 1 is 0.469 bits per heavy atom. The predicted molar refractivity (Wildman–Crippen MR) is 128 cm³/mol. The van der Waals surface area contributed by atoms with Crippen LogP contribution in [0.1, 0.15) is 78.1 Å². The molecule has 0 aromatic rings. The molecule has 0 aromatic carbocycles. The Hall–Kier alpha value is -0.280. The molecule has 0 saturated heterocycles. The number of hydrogen-bond donors (Lipinski definition) is 1. The third-order valence-electron chi connectivity index (χ3n) is 5.06. The van der Waals surface area contributed by atoms with Gasteiger partial charge in [-0.2, -0.15) is 0 Å². The van der Waals surface area contributed by atoms with Crippen molar-refractivity contribution in [3.05, 3.63) is 0 Å². The number of aliphatic hydroxyl groups excluding tert-OH is 1. The molecule has 7 nitrogen and oxygen atoms in total. The third kappa shape index (κ3) is 26.0. The fourth-order valence-corrected chi connectivity index (χ4v) is 3.23. The smallest absolute Gasteiger partial charge is 0.0704 e. The first-order valence-corrected chi connectivity index (χ1v) is 13.0. The van der Waals surface area contributed by atoms with E-state index < -0.39 is 0 Å². The molecule has 0 fully saturated rings. The summed E-state index contributed by atoms with van der Waals surface area (Å²) < 4.78 is 33.1. The lowest BCUT2D eigenvalue weighted by molar-refractivity contribution is -0.0288. The zero-order chi connectivity index (χ0) is 23.4. The van der Waals surface area contributed by atoms with Crippen molar-refractivity contribution in [2.45, 2.75) is 84.2 Å². The minimum atomic E-state index is 0.0424. The predicted octanol–water partition coefficient (Wildman–Crippen LogP) is 4.39. The highest BCUT2D eigenvalue weighted by Crippen LogP contribution is 2.15. The summed E-state index contributed by atoms with van der Waals surface area (Å²) in [5, 5.41) is 8.57. The Bertz CT molecular complexity index is 331. The maximum Gasteiger partial charge on any atom is 0.0704 e. The number of unbranched alkanes of at least 4 members (excludes halogenated alkanes) is 6. The van der Waals surface area contributed by atoms with E-state index in [9.17, 15) is 0 Å². The second kappa shape index (κ2) is 28.8. The summed E-state index contributed by atoms with van der Waals surface area (Å²) in [5.74, 6) is 0. The number of hydrogen-bond acceptors (Lipinski definition) is 7. The van der Waals surface area contributed by atoms with E-state index in [-0.39, 0.29) is 6.61 Å². The van der Waals surface area contributed by atoms with E-state index in [1.54, 1.807) is 0 Å². The molecular formula is C25H52O7. The van der Waals surface area contributed by atoms with Crippen LogP contribution in [0.3, 0.4) is 0 Å². The van der Waals surface area contributed by atoms with Crippen LogP contribution in [0.5, 0.6) is 0 Å². The van der Waals surface area contributed by atoms with Crippen LogP contribution in [-0.4, -0.2) is 90.5 Å². The zero-order valence-corrected chi connectivity index (χ0v) is 21.0. The highest BCUT2D eigenvalue weighted by Gasteiger charge is 2.08. The summed E-state index contributed by atoms with van der Waals surface area (Å²) in [7, 11) is 0. The standard InChI is InChI=1S/C25H52O7/c1-3-5-7-8-10-12-25(11-9-6-4-2)32-24-23-31-22-21-30-20-19-29-18-17-28-16-15-27-14-13-26/h25-26H,3-24H2,1-2H3. The second-order valence-corrected chi connectivity index (χ2v) is 7.98. The Kier molecular flexibility index (Phi) is 28.5. The van der Waals surface area contributed by atoms with E-state index in [1.165, 1.54) is 64.2 Å². The van der Waals surface area contributed by atoms with Crippen molar-refractivity contribution in [3.8, 4) is 0 Å². The van der Waals surface area contributed by atoms with E-state index >= 15 is 0 Å². The third-order valence-corrected chi connectivity index (χ3v) is 5.06. The lowest BCUT2D eigenvalue weighted by atomic mass is 10.0. The number of rotatable bonds is 28. The molecule has 0 aromatic heterocycles. The van der Waals surface area contributed by atoms with E-state index in [0.29, 0.717) is 78.8 Å². The average molecular weight is 465 g/mol. The lowest BCUT2D eigenvalue weighted by Crippen LogP contribution is -2.18. The molecule has 0 aliphatic heterocycles. The van der Waals surface area contributed by atoms with Gasteiger partial charge in [0.25, 0.3) is 0 Å². The van der Waals surface area contributed by atoms with Gasteiger partial charge >= 0.3 is 0 Å². The van der Waals surface area contributed by atoms with Gasteiger partial charge in [0.05, 0.1) is 85.4 Å². The lowest BCUT2D eigenvalue weighted by Gasteiger charge is -2.18. The van der Waals surface area contributed by atoms with Gasteiger partial charge in [0.1, 0.15) is 0 Å². The van der Waals surface area contributed by atoms with Crippen molar-refractivity contribution in [3.63, 3.8) is 0 Å². The SMILES string of the molecule is CCCCCCCC(CCCCC)OCCOCCOCCOCCOCCOCCO. The first-order valence-electron chi connectivity index (χ1n) is 13.0. The summed E-state index contributed by atoms with van der Waals surface area (Å²) in [4.78, 5) is 0. The van der Waals surface area contributed by atoms with Crippen molar-refractivity contribution >= 4 is 0 Å². The van der Waals surface area contributed by atoms with Gasteiger partial charge in [-0.15, -0.1) is 0 Å². The molecule has 1 N–H and O–H groups in total. The summed E-state index contributed by atoms with van der Waals surface area (Å²) in [6, 6.07) is 0. The molecule has 0 radical (unpaired) electrons. The van der Waals surface area contributed by atoms with Gasteiger partial charge in [0.2, 0.25) is 0 Å². The average Bonchev–Trinajstić information content (AvgIpc) is 2.80. The Balaban J connectivity index is 3.42. The Morgan fingerprint density at radius 2 is 0.844 bits per heavy atom. The fourth-order valence-electron chi connectivity index (χ4n) is 3.23. The van der Waals surface area contributed by atoms with Crippen LogP contribution in [0, 0.1) is 0 Å². The molecule has 0 rings (SSSR count). The van der Waals surface area contributed by atoms with Crippen molar-refractivity contribution in [2.24, 2.45) is 0 Å². The van der Waals surface area contributed by atoms with Crippen LogP contribution < -0.4 is 0 Å². The summed E-state index contributed by atoms with van der Waals surface area (Å²) in [5.41, 5.74) is 0. The topological polar surface area (TPSA) is 75.6 Å². The highest BCUT2D eigenvalue weighted by atomic mass is 16.6. The second-order valence-electron chi connectivity index (χ2n) is 7.98. The maximum atomic E-state index is 8.57. The van der Waals surface area contributed by atoms with Crippen LogP contribution in [0.15, 0.2) is 0 Å². The van der Waals surface area contributed by atoms with Gasteiger partial charge in [0, 0.05) is 0 Å². The van der Waals surface area contributed by atoms with E-state index in [1.807, 2.05) is 0 Å². The molecular weight excluding hydrogens is 412 g/mol. The van der Waals surface area contributed by atoms with Gasteiger partial charge in [-0.1, -0.05) is 65.2 Å². The van der Waals surface area contributed by atoms with Crippen molar-refractivity contribution in [1.82, 2.24) is 0 Å². The van der Waals surface area contributed by atoms with Crippen LogP contribution in [0.4, 0.5) is 0 Å². The van der Waals surface area contributed by atoms with Gasteiger partial charge in [-0.25, -0.2) is 0 Å². The molecule has 0 aliphatic rings. The largest absolute Gasteiger partial charge is 0.394 e. The molecule has 194 valence electrons. The highest BCUT2D eigenvalue weighted by molar-refractivity contribution is 4.60. The van der Waals surface area contributed by atoms with Gasteiger partial charge in [-0.05, 0) is 12.8 Å². The molecule has 32 heavy (non-hydrogen) atoms. The molecule has 7 heteroatoms. The van der Waals surface area contributed by atoms with Crippen LogP contribution in [-0.2, 0) is 28.4 Å². The van der Waals surface area contributed by atoms with Gasteiger partial charge in [-0.3, -0.25) is 0 Å². The van der Waals surface area contributed by atoms with Gasteiger partial charge in [0.15, 0.2) is 0 Å². The molecule has 1 atom stereocenters.